The summed E-state index contributed by atoms with van der Waals surface area (Å²) in [4.78, 5) is 26.8. The summed E-state index contributed by atoms with van der Waals surface area (Å²) in [7, 11) is 0. The normalized spacial score (nSPS) is 36.0. The molecule has 1 unspecified atom stereocenters. The van der Waals surface area contributed by atoms with Crippen molar-refractivity contribution in [3.8, 4) is 0 Å². The van der Waals surface area contributed by atoms with Crippen molar-refractivity contribution in [1.82, 2.24) is 4.57 Å². The van der Waals surface area contributed by atoms with Gasteiger partial charge in [-0.05, 0) is 69.1 Å². The average Bonchev–Trinajstić information content (AvgIpc) is 3.65. The Hall–Kier alpha value is -2.18. The molecule has 6 heteroatoms. The van der Waals surface area contributed by atoms with Crippen LogP contribution in [0.5, 0.6) is 0 Å². The van der Waals surface area contributed by atoms with E-state index < -0.39 is 16.6 Å². The predicted molar refractivity (Wildman–Crippen MR) is 127 cm³/mol. The van der Waals surface area contributed by atoms with E-state index in [1.165, 1.54) is 0 Å². The maximum absolute atomic E-state index is 13.6. The van der Waals surface area contributed by atoms with Gasteiger partial charge in [0.05, 0.1) is 23.2 Å². The molecular weight excluding hydrogens is 416 g/mol. The lowest BCUT2D eigenvalue weighted by molar-refractivity contribution is -0.130. The fraction of sp³-hybridized carbons (Fsp3) is 0.630. The highest BCUT2D eigenvalue weighted by molar-refractivity contribution is 6.04. The quantitative estimate of drug-likeness (QED) is 0.643. The molecule has 6 rings (SSSR count). The highest BCUT2D eigenvalue weighted by atomic mass is 16.3. The molecule has 33 heavy (non-hydrogen) atoms. The number of nitrogens with one attached hydrogen (secondary N) is 1. The number of amides is 1. The number of carbonyl (C=O) groups excluding carboxylic acids is 1. The van der Waals surface area contributed by atoms with Crippen molar-refractivity contribution in [3.05, 3.63) is 40.8 Å². The van der Waals surface area contributed by atoms with Gasteiger partial charge in [-0.2, -0.15) is 0 Å². The van der Waals surface area contributed by atoms with Crippen LogP contribution in [0.15, 0.2) is 35.3 Å². The lowest BCUT2D eigenvalue weighted by atomic mass is 9.70. The topological polar surface area (TPSA) is 91.6 Å². The number of pyridine rings is 1. The molecule has 1 aromatic heterocycles. The summed E-state index contributed by atoms with van der Waals surface area (Å²) in [6.45, 7) is 2.34. The number of hydrogen-bond acceptors (Lipinski definition) is 4. The molecule has 1 amide bonds. The van der Waals surface area contributed by atoms with Crippen LogP contribution in [0.2, 0.25) is 0 Å². The van der Waals surface area contributed by atoms with E-state index in [-0.39, 0.29) is 16.9 Å². The Morgan fingerprint density at radius 3 is 2.61 bits per heavy atom. The summed E-state index contributed by atoms with van der Waals surface area (Å²) in [5.41, 5.74) is -1.41. The lowest BCUT2D eigenvalue weighted by Gasteiger charge is -2.37. The van der Waals surface area contributed by atoms with Crippen LogP contribution in [0.3, 0.4) is 0 Å². The SMILES string of the molecule is CC[C@@]1(C(=O)Nc2cccc3c(=O)n(CC4(O)CCCCC4)ccc23)CC2C[C@]23C[C@@]3(O)C1. The molecule has 2 aromatic rings. The zero-order valence-electron chi connectivity index (χ0n) is 19.4. The molecule has 1 spiro atoms. The van der Waals surface area contributed by atoms with Crippen molar-refractivity contribution in [2.45, 2.75) is 88.9 Å². The number of fused-ring (bicyclic) bond motifs is 1. The van der Waals surface area contributed by atoms with E-state index >= 15 is 0 Å². The molecule has 4 fully saturated rings. The molecule has 1 heterocycles. The Morgan fingerprint density at radius 1 is 1.09 bits per heavy atom. The van der Waals surface area contributed by atoms with E-state index in [1.807, 2.05) is 19.1 Å². The molecule has 4 aliphatic carbocycles. The van der Waals surface area contributed by atoms with Crippen molar-refractivity contribution in [2.24, 2.45) is 16.7 Å². The minimum absolute atomic E-state index is 0.0426. The highest BCUT2D eigenvalue weighted by Gasteiger charge is 2.83. The van der Waals surface area contributed by atoms with Gasteiger partial charge in [-0.15, -0.1) is 0 Å². The van der Waals surface area contributed by atoms with Gasteiger partial charge in [0, 0.05) is 28.1 Å². The van der Waals surface area contributed by atoms with Crippen LogP contribution >= 0.6 is 0 Å². The van der Waals surface area contributed by atoms with E-state index in [0.717, 1.165) is 56.8 Å². The molecule has 3 N–H and O–H groups in total. The summed E-state index contributed by atoms with van der Waals surface area (Å²) in [6, 6.07) is 7.31. The molecule has 4 aliphatic rings. The summed E-state index contributed by atoms with van der Waals surface area (Å²) in [6.07, 6.45) is 10.3. The first-order chi connectivity index (χ1) is 15.7. The summed E-state index contributed by atoms with van der Waals surface area (Å²) in [5.74, 6) is 0.422. The third-order valence-electron chi connectivity index (χ3n) is 9.58. The van der Waals surface area contributed by atoms with Gasteiger partial charge in [-0.25, -0.2) is 0 Å². The van der Waals surface area contributed by atoms with Crippen LogP contribution < -0.4 is 10.9 Å². The number of nitrogens with zero attached hydrogens (tertiary/aromatic N) is 1. The molecule has 6 nitrogen and oxygen atoms in total. The van der Waals surface area contributed by atoms with Gasteiger partial charge < -0.3 is 20.1 Å². The summed E-state index contributed by atoms with van der Waals surface area (Å²) < 4.78 is 1.61. The van der Waals surface area contributed by atoms with E-state index in [4.69, 9.17) is 0 Å². The minimum Gasteiger partial charge on any atom is -0.389 e. The summed E-state index contributed by atoms with van der Waals surface area (Å²) in [5, 5.41) is 26.3. The van der Waals surface area contributed by atoms with E-state index in [0.29, 0.717) is 36.4 Å². The zero-order valence-corrected chi connectivity index (χ0v) is 19.4. The number of aromatic nitrogens is 1. The summed E-state index contributed by atoms with van der Waals surface area (Å²) >= 11 is 0. The first-order valence-corrected chi connectivity index (χ1v) is 12.6. The number of anilines is 1. The maximum atomic E-state index is 13.6. The van der Waals surface area contributed by atoms with Gasteiger partial charge in [0.15, 0.2) is 0 Å². The van der Waals surface area contributed by atoms with Crippen LogP contribution in [0.1, 0.15) is 71.1 Å². The Labute approximate surface area is 194 Å². The maximum Gasteiger partial charge on any atom is 0.258 e. The second-order valence-corrected chi connectivity index (χ2v) is 11.5. The smallest absolute Gasteiger partial charge is 0.258 e. The van der Waals surface area contributed by atoms with Gasteiger partial charge >= 0.3 is 0 Å². The third-order valence-corrected chi connectivity index (χ3v) is 9.58. The largest absolute Gasteiger partial charge is 0.389 e. The first-order valence-electron chi connectivity index (χ1n) is 12.6. The average molecular weight is 451 g/mol. The van der Waals surface area contributed by atoms with Crippen molar-refractivity contribution < 1.29 is 15.0 Å². The van der Waals surface area contributed by atoms with Gasteiger partial charge in [0.25, 0.3) is 5.56 Å². The minimum atomic E-state index is -0.822. The molecular formula is C27H34N2O4. The second-order valence-electron chi connectivity index (χ2n) is 11.5. The number of rotatable bonds is 5. The molecule has 176 valence electrons. The Balaban J connectivity index is 1.28. The monoisotopic (exact) mass is 450 g/mol. The Morgan fingerprint density at radius 2 is 1.88 bits per heavy atom. The second kappa shape index (κ2) is 6.92. The van der Waals surface area contributed by atoms with Gasteiger partial charge in [-0.3, -0.25) is 9.59 Å². The highest BCUT2D eigenvalue weighted by Crippen LogP contribution is 2.84. The van der Waals surface area contributed by atoms with E-state index in [2.05, 4.69) is 5.32 Å². The molecule has 0 bridgehead atoms. The molecule has 4 atom stereocenters. The van der Waals surface area contributed by atoms with Crippen LogP contribution in [-0.4, -0.2) is 31.9 Å². The molecule has 4 saturated carbocycles. The molecule has 0 radical (unpaired) electrons. The van der Waals surface area contributed by atoms with Crippen molar-refractivity contribution in [1.29, 1.82) is 0 Å². The van der Waals surface area contributed by atoms with Crippen LogP contribution in [-0.2, 0) is 11.3 Å². The fourth-order valence-electron chi connectivity index (χ4n) is 7.35. The predicted octanol–water partition coefficient (Wildman–Crippen LogP) is 3.97. The number of hydrogen-bond donors (Lipinski definition) is 3. The van der Waals surface area contributed by atoms with Crippen molar-refractivity contribution >= 4 is 22.4 Å². The van der Waals surface area contributed by atoms with Crippen LogP contribution in [0, 0.1) is 16.7 Å². The molecule has 0 aliphatic heterocycles. The van der Waals surface area contributed by atoms with Gasteiger partial charge in [-0.1, -0.05) is 32.3 Å². The van der Waals surface area contributed by atoms with Crippen LogP contribution in [0.25, 0.3) is 10.8 Å². The Bertz CT molecular complexity index is 1200. The first kappa shape index (κ1) is 21.4. The standard InChI is InChI=1S/C27H34N2O4/c1-2-24(13-18-14-26(18)16-27(26,33)15-24)23(31)28-21-8-6-7-20-19(21)9-12-29(22(20)30)17-25(32)10-4-3-5-11-25/h6-9,12,18,32-33H,2-5,10-11,13-17H2,1H3,(H,28,31)/t18?,24-,26+,27+/m1/s1. The number of aliphatic hydroxyl groups is 2. The van der Waals surface area contributed by atoms with Gasteiger partial charge in [0.1, 0.15) is 0 Å². The van der Waals surface area contributed by atoms with Gasteiger partial charge in [0.2, 0.25) is 5.91 Å². The lowest BCUT2D eigenvalue weighted by Crippen LogP contribution is -2.43. The van der Waals surface area contributed by atoms with Crippen LogP contribution in [0.4, 0.5) is 5.69 Å². The third kappa shape index (κ3) is 3.13. The molecule has 1 aromatic carbocycles. The van der Waals surface area contributed by atoms with Crippen molar-refractivity contribution in [3.63, 3.8) is 0 Å². The van der Waals surface area contributed by atoms with E-state index in [9.17, 15) is 19.8 Å². The zero-order chi connectivity index (χ0) is 23.1. The fourth-order valence-corrected chi connectivity index (χ4v) is 7.35. The van der Waals surface area contributed by atoms with E-state index in [1.54, 1.807) is 22.9 Å². The van der Waals surface area contributed by atoms with Crippen molar-refractivity contribution in [2.75, 3.05) is 5.32 Å². The number of benzene rings is 1. The number of carbonyl (C=O) groups is 1. The Kier molecular flexibility index (Phi) is 4.48. The molecule has 0 saturated heterocycles.